The van der Waals surface area contributed by atoms with E-state index in [2.05, 4.69) is 264 Å². The molecule has 0 saturated carbocycles. The number of hydrogen-bond donors (Lipinski definition) is 0. The van der Waals surface area contributed by atoms with E-state index in [0.29, 0.717) is 0 Å². The maximum absolute atomic E-state index is 5.38. The molecule has 0 fully saturated rings. The third-order valence-electron chi connectivity index (χ3n) is 15.9. The number of nitrogens with zero attached hydrogens (tertiary/aromatic N) is 4. The third kappa shape index (κ3) is 5.44. The summed E-state index contributed by atoms with van der Waals surface area (Å²) >= 11 is 0. The van der Waals surface area contributed by atoms with Gasteiger partial charge in [-0.3, -0.25) is 9.13 Å². The summed E-state index contributed by atoms with van der Waals surface area (Å²) < 4.78 is 4.76. The molecular weight excluding hydrogens is 885 g/mol. The van der Waals surface area contributed by atoms with Crippen LogP contribution in [0.15, 0.2) is 255 Å². The molecule has 2 aromatic heterocycles. The average molecular weight is 927 g/mol. The summed E-state index contributed by atoms with van der Waals surface area (Å²) in [6.45, 7) is 0. The maximum atomic E-state index is 5.38. The molecule has 14 aromatic rings. The van der Waals surface area contributed by atoms with Crippen molar-refractivity contribution in [3.63, 3.8) is 0 Å². The van der Waals surface area contributed by atoms with Crippen LogP contribution in [0.3, 0.4) is 0 Å². The highest BCUT2D eigenvalue weighted by molar-refractivity contribution is 6.21. The molecule has 4 nitrogen and oxygen atoms in total. The van der Waals surface area contributed by atoms with Gasteiger partial charge >= 0.3 is 0 Å². The van der Waals surface area contributed by atoms with Crippen LogP contribution >= 0.6 is 0 Å². The minimum absolute atomic E-state index is 0.533. The van der Waals surface area contributed by atoms with Crippen molar-refractivity contribution >= 4 is 54.4 Å². The van der Waals surface area contributed by atoms with Crippen molar-refractivity contribution in [3.05, 3.63) is 277 Å². The summed E-state index contributed by atoms with van der Waals surface area (Å²) in [5.41, 5.74) is 20.6. The first-order chi connectivity index (χ1) is 36.3. The summed E-state index contributed by atoms with van der Waals surface area (Å²) in [6.07, 6.45) is 0. The SMILES string of the molecule is c1ccc(-c2nc3ccccc3n2-c2cccc3c(-c4cccc5c4-c4c(ccc6ccccc46)C54c5ccccc5-c5ccccc54)c4cccc(-n5c(-c6ccccc6)nc6ccccc65)c4cc23)cc1. The highest BCUT2D eigenvalue weighted by Crippen LogP contribution is 2.65. The monoisotopic (exact) mass is 926 g/mol. The number of para-hydroxylation sites is 4. The van der Waals surface area contributed by atoms with Crippen molar-refractivity contribution in [2.24, 2.45) is 0 Å². The Kier molecular flexibility index (Phi) is 8.35. The zero-order valence-electron chi connectivity index (χ0n) is 39.5. The van der Waals surface area contributed by atoms with Gasteiger partial charge in [0.05, 0.1) is 38.9 Å². The highest BCUT2D eigenvalue weighted by Gasteiger charge is 2.52. The number of benzene rings is 12. The summed E-state index contributed by atoms with van der Waals surface area (Å²) in [4.78, 5) is 10.8. The van der Waals surface area contributed by atoms with Crippen molar-refractivity contribution in [1.29, 1.82) is 0 Å². The van der Waals surface area contributed by atoms with Gasteiger partial charge in [-0.2, -0.15) is 0 Å². The van der Waals surface area contributed by atoms with Gasteiger partial charge in [-0.25, -0.2) is 9.97 Å². The van der Waals surface area contributed by atoms with Gasteiger partial charge in [0.25, 0.3) is 0 Å². The second-order valence-electron chi connectivity index (χ2n) is 19.5. The first-order valence-electron chi connectivity index (χ1n) is 25.2. The van der Waals surface area contributed by atoms with Crippen molar-refractivity contribution < 1.29 is 0 Å². The molecule has 4 heteroatoms. The predicted molar refractivity (Wildman–Crippen MR) is 301 cm³/mol. The van der Waals surface area contributed by atoms with Gasteiger partial charge in [-0.15, -0.1) is 0 Å². The molecule has 338 valence electrons. The van der Waals surface area contributed by atoms with Gasteiger partial charge in [0.2, 0.25) is 0 Å². The molecule has 0 saturated heterocycles. The van der Waals surface area contributed by atoms with Crippen LogP contribution in [-0.2, 0) is 5.41 Å². The Morgan fingerprint density at radius 2 is 0.740 bits per heavy atom. The number of imidazole rings is 2. The Bertz CT molecular complexity index is 4400. The van der Waals surface area contributed by atoms with E-state index in [4.69, 9.17) is 9.97 Å². The lowest BCUT2D eigenvalue weighted by Crippen LogP contribution is -2.25. The topological polar surface area (TPSA) is 35.6 Å². The fourth-order valence-electron chi connectivity index (χ4n) is 13.1. The Hall–Kier alpha value is -9.64. The molecule has 0 radical (unpaired) electrons. The van der Waals surface area contributed by atoms with Crippen LogP contribution in [0.5, 0.6) is 0 Å². The molecule has 1 spiro atoms. The molecule has 0 N–H and O–H groups in total. The van der Waals surface area contributed by atoms with E-state index in [1.165, 1.54) is 77.2 Å². The molecule has 0 atom stereocenters. The third-order valence-corrected chi connectivity index (χ3v) is 15.9. The van der Waals surface area contributed by atoms with Gasteiger partial charge in [0, 0.05) is 21.9 Å². The Balaban J connectivity index is 1.09. The molecule has 0 unspecified atom stereocenters. The zero-order chi connectivity index (χ0) is 47.8. The molecule has 2 aliphatic carbocycles. The summed E-state index contributed by atoms with van der Waals surface area (Å²) in [7, 11) is 0. The van der Waals surface area contributed by atoms with Crippen LogP contribution in [0, 0.1) is 0 Å². The fourth-order valence-corrected chi connectivity index (χ4v) is 13.1. The molecule has 16 rings (SSSR count). The lowest BCUT2D eigenvalue weighted by Gasteiger charge is -2.30. The van der Waals surface area contributed by atoms with Gasteiger partial charge in [0.15, 0.2) is 0 Å². The average Bonchev–Trinajstić information content (AvgIpc) is 4.21. The quantitative estimate of drug-likeness (QED) is 0.161. The molecule has 0 bridgehead atoms. The van der Waals surface area contributed by atoms with E-state index in [-0.39, 0.29) is 0 Å². The molecule has 2 aliphatic rings. The first-order valence-corrected chi connectivity index (χ1v) is 25.2. The Morgan fingerprint density at radius 1 is 0.288 bits per heavy atom. The number of hydrogen-bond acceptors (Lipinski definition) is 2. The van der Waals surface area contributed by atoms with Crippen LogP contribution < -0.4 is 0 Å². The first kappa shape index (κ1) is 40.1. The second kappa shape index (κ2) is 15.2. The Morgan fingerprint density at radius 3 is 1.34 bits per heavy atom. The molecule has 0 aliphatic heterocycles. The molecule has 0 amide bonds. The lowest BCUT2D eigenvalue weighted by atomic mass is 9.70. The lowest BCUT2D eigenvalue weighted by molar-refractivity contribution is 0.794. The molecule has 2 heterocycles. The molecule has 73 heavy (non-hydrogen) atoms. The van der Waals surface area contributed by atoms with E-state index >= 15 is 0 Å². The normalized spacial score (nSPS) is 13.0. The number of fused-ring (bicyclic) bond motifs is 16. The van der Waals surface area contributed by atoms with Gasteiger partial charge in [0.1, 0.15) is 11.6 Å². The van der Waals surface area contributed by atoms with Crippen LogP contribution in [0.2, 0.25) is 0 Å². The maximum Gasteiger partial charge on any atom is 0.145 e. The van der Waals surface area contributed by atoms with Crippen LogP contribution in [0.25, 0.3) is 122 Å². The van der Waals surface area contributed by atoms with Crippen LogP contribution in [0.4, 0.5) is 0 Å². The predicted octanol–water partition coefficient (Wildman–Crippen LogP) is 17.2. The summed E-state index contributed by atoms with van der Waals surface area (Å²) in [5, 5.41) is 7.08. The minimum atomic E-state index is -0.533. The van der Waals surface area contributed by atoms with E-state index in [0.717, 1.165) is 67.0 Å². The molecule has 12 aromatic carbocycles. The summed E-state index contributed by atoms with van der Waals surface area (Å²) in [5.74, 6) is 1.80. The van der Waals surface area contributed by atoms with Crippen molar-refractivity contribution in [3.8, 4) is 67.5 Å². The van der Waals surface area contributed by atoms with E-state index in [1.54, 1.807) is 0 Å². The van der Waals surface area contributed by atoms with Gasteiger partial charge in [-0.1, -0.05) is 212 Å². The van der Waals surface area contributed by atoms with Gasteiger partial charge in [-0.05, 0) is 120 Å². The minimum Gasteiger partial charge on any atom is -0.292 e. The number of aromatic nitrogens is 4. The largest absolute Gasteiger partial charge is 0.292 e. The van der Waals surface area contributed by atoms with Gasteiger partial charge < -0.3 is 0 Å². The standard InChI is InChI=1S/C69H42N4/c1-3-21-44(22-4-1)67-70-58-34-13-15-36-62(58)72(67)60-38-18-28-49-52(60)42-53-50(29-19-39-61(53)73-63-37-16-14-35-59(63)71-68(73)45-23-5-2-6-24-45)64(49)51-30-17-33-56-66(51)65-46-25-8-7-20-43(46)40-41-57(65)69(56)54-31-11-9-26-47(54)48-27-10-12-32-55(48)69/h1-42H. The van der Waals surface area contributed by atoms with E-state index in [1.807, 2.05) is 0 Å². The van der Waals surface area contributed by atoms with Crippen molar-refractivity contribution in [2.75, 3.05) is 0 Å². The van der Waals surface area contributed by atoms with Crippen LogP contribution in [0.1, 0.15) is 22.3 Å². The van der Waals surface area contributed by atoms with Crippen molar-refractivity contribution in [2.45, 2.75) is 5.41 Å². The fraction of sp³-hybridized carbons (Fsp3) is 0.0145. The summed E-state index contributed by atoms with van der Waals surface area (Å²) in [6, 6.07) is 93.6. The van der Waals surface area contributed by atoms with E-state index < -0.39 is 5.41 Å². The smallest absolute Gasteiger partial charge is 0.145 e. The highest BCUT2D eigenvalue weighted by atomic mass is 15.1. The Labute approximate surface area is 421 Å². The van der Waals surface area contributed by atoms with Crippen LogP contribution in [-0.4, -0.2) is 19.1 Å². The van der Waals surface area contributed by atoms with E-state index in [9.17, 15) is 0 Å². The number of rotatable bonds is 5. The zero-order valence-corrected chi connectivity index (χ0v) is 39.5. The second-order valence-corrected chi connectivity index (χ2v) is 19.5. The molecular formula is C69H42N4. The van der Waals surface area contributed by atoms with Crippen molar-refractivity contribution in [1.82, 2.24) is 19.1 Å².